The van der Waals surface area contributed by atoms with Gasteiger partial charge in [0.25, 0.3) is 5.69 Å². The first kappa shape index (κ1) is 17.8. The van der Waals surface area contributed by atoms with E-state index in [0.717, 1.165) is 27.1 Å². The SMILES string of the molecule is Cc1cc(C=NNc2ccc([N+](=O)[O-])cn2)c(C)n1-c1ccc(Br)cc1. The molecule has 0 atom stereocenters. The van der Waals surface area contributed by atoms with Gasteiger partial charge in [-0.25, -0.2) is 4.98 Å². The Labute approximate surface area is 158 Å². The van der Waals surface area contributed by atoms with Crippen LogP contribution >= 0.6 is 15.9 Å². The first-order valence-corrected chi connectivity index (χ1v) is 8.59. The van der Waals surface area contributed by atoms with E-state index in [1.165, 1.54) is 18.3 Å². The van der Waals surface area contributed by atoms with Gasteiger partial charge in [0.1, 0.15) is 12.0 Å². The molecule has 0 saturated carbocycles. The standard InChI is InChI=1S/C18H16BrN5O2/c1-12-9-14(13(2)23(12)16-5-3-15(19)4-6-16)10-21-22-18-8-7-17(11-20-18)24(25)26/h3-11H,1-2H3,(H,20,22). The zero-order valence-corrected chi connectivity index (χ0v) is 15.8. The number of pyridine rings is 1. The van der Waals surface area contributed by atoms with Crippen molar-refractivity contribution in [1.82, 2.24) is 9.55 Å². The number of nitro groups is 1. The second-order valence-corrected chi connectivity index (χ2v) is 6.58. The molecule has 1 N–H and O–H groups in total. The highest BCUT2D eigenvalue weighted by Crippen LogP contribution is 2.21. The molecule has 0 spiro atoms. The average Bonchev–Trinajstić information content (AvgIpc) is 2.90. The van der Waals surface area contributed by atoms with Gasteiger partial charge >= 0.3 is 0 Å². The molecular weight excluding hydrogens is 398 g/mol. The Bertz CT molecular complexity index is 962. The van der Waals surface area contributed by atoms with Crippen LogP contribution in [0.4, 0.5) is 11.5 Å². The van der Waals surface area contributed by atoms with E-state index in [-0.39, 0.29) is 5.69 Å². The molecule has 0 aliphatic heterocycles. The molecule has 0 amide bonds. The van der Waals surface area contributed by atoms with Gasteiger partial charge in [0.05, 0.1) is 11.1 Å². The summed E-state index contributed by atoms with van der Waals surface area (Å²) in [4.78, 5) is 14.1. The number of anilines is 1. The van der Waals surface area contributed by atoms with E-state index in [1.54, 1.807) is 6.21 Å². The van der Waals surface area contributed by atoms with Crippen LogP contribution in [-0.4, -0.2) is 20.7 Å². The fraction of sp³-hybridized carbons (Fsp3) is 0.111. The monoisotopic (exact) mass is 413 g/mol. The van der Waals surface area contributed by atoms with Crippen LogP contribution in [0.2, 0.25) is 0 Å². The lowest BCUT2D eigenvalue weighted by Gasteiger charge is -2.09. The van der Waals surface area contributed by atoms with E-state index in [1.807, 2.05) is 44.2 Å². The molecule has 0 radical (unpaired) electrons. The van der Waals surface area contributed by atoms with Crippen LogP contribution in [0.5, 0.6) is 0 Å². The minimum Gasteiger partial charge on any atom is -0.318 e. The molecule has 132 valence electrons. The van der Waals surface area contributed by atoms with E-state index in [4.69, 9.17) is 0 Å². The highest BCUT2D eigenvalue weighted by atomic mass is 79.9. The van der Waals surface area contributed by atoms with Crippen molar-refractivity contribution in [1.29, 1.82) is 0 Å². The Hall–Kier alpha value is -3.00. The van der Waals surface area contributed by atoms with Gasteiger partial charge < -0.3 is 4.57 Å². The number of aryl methyl sites for hydroxylation is 1. The summed E-state index contributed by atoms with van der Waals surface area (Å²) in [6, 6.07) is 13.0. The number of rotatable bonds is 5. The van der Waals surface area contributed by atoms with Gasteiger partial charge in [-0.2, -0.15) is 5.10 Å². The van der Waals surface area contributed by atoms with Crippen molar-refractivity contribution in [3.05, 3.63) is 80.2 Å². The second-order valence-electron chi connectivity index (χ2n) is 5.67. The molecule has 0 fully saturated rings. The van der Waals surface area contributed by atoms with Crippen molar-refractivity contribution < 1.29 is 4.92 Å². The van der Waals surface area contributed by atoms with Gasteiger partial charge in [0, 0.05) is 33.2 Å². The smallest absolute Gasteiger partial charge is 0.287 e. The van der Waals surface area contributed by atoms with Crippen molar-refractivity contribution in [2.24, 2.45) is 5.10 Å². The molecule has 0 unspecified atom stereocenters. The van der Waals surface area contributed by atoms with Crippen LogP contribution in [-0.2, 0) is 0 Å². The molecule has 0 aliphatic rings. The van der Waals surface area contributed by atoms with Crippen LogP contribution in [0.1, 0.15) is 17.0 Å². The topological polar surface area (TPSA) is 85.3 Å². The highest BCUT2D eigenvalue weighted by molar-refractivity contribution is 9.10. The third-order valence-corrected chi connectivity index (χ3v) is 4.43. The van der Waals surface area contributed by atoms with Crippen molar-refractivity contribution in [2.75, 3.05) is 5.43 Å². The molecule has 7 nitrogen and oxygen atoms in total. The summed E-state index contributed by atoms with van der Waals surface area (Å²) in [7, 11) is 0. The van der Waals surface area contributed by atoms with E-state index in [9.17, 15) is 10.1 Å². The molecule has 2 heterocycles. The lowest BCUT2D eigenvalue weighted by atomic mass is 10.2. The Kier molecular flexibility index (Phi) is 5.13. The van der Waals surface area contributed by atoms with Crippen LogP contribution < -0.4 is 5.43 Å². The van der Waals surface area contributed by atoms with E-state index in [0.29, 0.717) is 5.82 Å². The Balaban J connectivity index is 1.78. The van der Waals surface area contributed by atoms with E-state index < -0.39 is 4.92 Å². The quantitative estimate of drug-likeness (QED) is 0.376. The number of hydrogen-bond acceptors (Lipinski definition) is 5. The van der Waals surface area contributed by atoms with Crippen molar-refractivity contribution in [2.45, 2.75) is 13.8 Å². The Morgan fingerprint density at radius 2 is 1.96 bits per heavy atom. The number of benzene rings is 1. The molecule has 8 heteroatoms. The number of nitrogens with zero attached hydrogens (tertiary/aromatic N) is 4. The van der Waals surface area contributed by atoms with Crippen LogP contribution in [0.25, 0.3) is 5.69 Å². The second kappa shape index (κ2) is 7.49. The molecule has 3 aromatic rings. The van der Waals surface area contributed by atoms with Crippen molar-refractivity contribution in [3.63, 3.8) is 0 Å². The van der Waals surface area contributed by atoms with Gasteiger partial charge in [0.2, 0.25) is 0 Å². The lowest BCUT2D eigenvalue weighted by Crippen LogP contribution is -1.99. The maximum absolute atomic E-state index is 10.6. The molecule has 3 rings (SSSR count). The maximum Gasteiger partial charge on any atom is 0.287 e. The molecule has 26 heavy (non-hydrogen) atoms. The summed E-state index contributed by atoms with van der Waals surface area (Å²) < 4.78 is 3.18. The van der Waals surface area contributed by atoms with Gasteiger partial charge in [-0.05, 0) is 50.2 Å². The minimum atomic E-state index is -0.489. The first-order chi connectivity index (χ1) is 12.5. The fourth-order valence-corrected chi connectivity index (χ4v) is 2.90. The van der Waals surface area contributed by atoms with Crippen molar-refractivity contribution in [3.8, 4) is 5.69 Å². The summed E-state index contributed by atoms with van der Waals surface area (Å²) in [5.41, 5.74) is 6.93. The Morgan fingerprint density at radius 3 is 2.58 bits per heavy atom. The molecule has 0 saturated heterocycles. The van der Waals surface area contributed by atoms with Crippen LogP contribution in [0, 0.1) is 24.0 Å². The normalized spacial score (nSPS) is 11.0. The van der Waals surface area contributed by atoms with Gasteiger partial charge in [-0.1, -0.05) is 15.9 Å². The fourth-order valence-electron chi connectivity index (χ4n) is 2.63. The number of nitrogens with one attached hydrogen (secondary N) is 1. The summed E-state index contributed by atoms with van der Waals surface area (Å²) in [6.07, 6.45) is 2.90. The third-order valence-electron chi connectivity index (χ3n) is 3.90. The average molecular weight is 414 g/mol. The van der Waals surface area contributed by atoms with E-state index >= 15 is 0 Å². The zero-order valence-electron chi connectivity index (χ0n) is 14.2. The summed E-state index contributed by atoms with van der Waals surface area (Å²) >= 11 is 3.45. The summed E-state index contributed by atoms with van der Waals surface area (Å²) in [5, 5.41) is 14.8. The van der Waals surface area contributed by atoms with Gasteiger partial charge in [0.15, 0.2) is 0 Å². The van der Waals surface area contributed by atoms with Crippen LogP contribution in [0.3, 0.4) is 0 Å². The largest absolute Gasteiger partial charge is 0.318 e. The predicted molar refractivity (Wildman–Crippen MR) is 105 cm³/mol. The summed E-state index contributed by atoms with van der Waals surface area (Å²) in [6.45, 7) is 4.07. The number of hydrogen-bond donors (Lipinski definition) is 1. The van der Waals surface area contributed by atoms with Crippen LogP contribution in [0.15, 0.2) is 58.2 Å². The summed E-state index contributed by atoms with van der Waals surface area (Å²) in [5.74, 6) is 0.438. The molecule has 2 aromatic heterocycles. The maximum atomic E-state index is 10.6. The van der Waals surface area contributed by atoms with E-state index in [2.05, 4.69) is 36.0 Å². The number of halogens is 1. The molecule has 1 aromatic carbocycles. The number of hydrazone groups is 1. The predicted octanol–water partition coefficient (Wildman–Crippen LogP) is 4.61. The zero-order chi connectivity index (χ0) is 18.7. The molecule has 0 aliphatic carbocycles. The number of aromatic nitrogens is 2. The third kappa shape index (κ3) is 3.80. The van der Waals surface area contributed by atoms with Gasteiger partial charge in [-0.15, -0.1) is 0 Å². The molecule has 0 bridgehead atoms. The van der Waals surface area contributed by atoms with Crippen molar-refractivity contribution >= 4 is 33.6 Å². The minimum absolute atomic E-state index is 0.0578. The lowest BCUT2D eigenvalue weighted by molar-refractivity contribution is -0.385. The first-order valence-electron chi connectivity index (χ1n) is 7.80. The van der Waals surface area contributed by atoms with Gasteiger partial charge in [-0.3, -0.25) is 15.5 Å². The molecular formula is C18H16BrN5O2. The Morgan fingerprint density at radius 1 is 1.23 bits per heavy atom. The highest BCUT2D eigenvalue weighted by Gasteiger charge is 2.09.